The molecule has 0 heterocycles. The normalized spacial score (nSPS) is 13.1. The molecule has 3 nitrogen and oxygen atoms in total. The van der Waals surface area contributed by atoms with Crippen molar-refractivity contribution in [3.05, 3.63) is 0 Å². The van der Waals surface area contributed by atoms with Crippen LogP contribution in [0.25, 0.3) is 0 Å². The summed E-state index contributed by atoms with van der Waals surface area (Å²) in [7, 11) is 0. The first-order chi connectivity index (χ1) is 5.56. The van der Waals surface area contributed by atoms with Crippen molar-refractivity contribution in [3.8, 4) is 0 Å². The van der Waals surface area contributed by atoms with E-state index in [-0.39, 0.29) is 12.4 Å². The molecule has 0 radical (unpaired) electrons. The van der Waals surface area contributed by atoms with Gasteiger partial charge in [0.05, 0.1) is 19.1 Å². The number of ether oxygens (including phenoxy) is 1. The Hall–Kier alpha value is 0.160. The number of rotatable bonds is 5. The smallest absolute Gasteiger partial charge is 0.308 e. The Morgan fingerprint density at radius 1 is 1.58 bits per heavy atom. The fourth-order valence-corrected chi connectivity index (χ4v) is 0.877. The highest BCUT2D eigenvalue weighted by Crippen LogP contribution is 2.00. The molecule has 4 heteroatoms. The molecule has 0 amide bonds. The molecule has 0 aromatic heterocycles. The van der Waals surface area contributed by atoms with Gasteiger partial charge in [0.15, 0.2) is 0 Å². The van der Waals surface area contributed by atoms with E-state index in [0.29, 0.717) is 17.0 Å². The van der Waals surface area contributed by atoms with Gasteiger partial charge in [0.25, 0.3) is 0 Å². The van der Waals surface area contributed by atoms with Crippen LogP contribution >= 0.6 is 22.6 Å². The Morgan fingerprint density at radius 3 is 2.58 bits per heavy atom. The Balaban J connectivity index is 3.46. The van der Waals surface area contributed by atoms with Crippen LogP contribution in [0.1, 0.15) is 20.3 Å². The molecule has 0 rings (SSSR count). The molecular formula is C8H15IO3. The fourth-order valence-electron chi connectivity index (χ4n) is 0.565. The molecule has 0 aliphatic rings. The quantitative estimate of drug-likeness (QED) is 0.472. The molecule has 0 aromatic rings. The number of alkyl halides is 1. The predicted octanol–water partition coefficient (Wildman–Crippen LogP) is 1.37. The van der Waals surface area contributed by atoms with Crippen molar-refractivity contribution in [1.82, 2.24) is 0 Å². The van der Waals surface area contributed by atoms with Crippen LogP contribution in [0.4, 0.5) is 0 Å². The third-order valence-corrected chi connectivity index (χ3v) is 2.17. The first kappa shape index (κ1) is 12.2. The SMILES string of the molecule is CC(C)COC(=O)C[C@H](O)CI. The van der Waals surface area contributed by atoms with Gasteiger partial charge in [-0.25, -0.2) is 0 Å². The van der Waals surface area contributed by atoms with Crippen LogP contribution in [0.5, 0.6) is 0 Å². The zero-order chi connectivity index (χ0) is 9.56. The Bertz CT molecular complexity index is 136. The summed E-state index contributed by atoms with van der Waals surface area (Å²) in [5, 5.41) is 9.09. The summed E-state index contributed by atoms with van der Waals surface area (Å²) in [6.07, 6.45) is -0.458. The van der Waals surface area contributed by atoms with Crippen molar-refractivity contribution in [3.63, 3.8) is 0 Å². The minimum Gasteiger partial charge on any atom is -0.465 e. The van der Waals surface area contributed by atoms with Gasteiger partial charge in [-0.2, -0.15) is 0 Å². The van der Waals surface area contributed by atoms with E-state index in [1.165, 1.54) is 0 Å². The third kappa shape index (κ3) is 6.84. The predicted molar refractivity (Wildman–Crippen MR) is 55.3 cm³/mol. The van der Waals surface area contributed by atoms with E-state index >= 15 is 0 Å². The van der Waals surface area contributed by atoms with Crippen molar-refractivity contribution in [2.45, 2.75) is 26.4 Å². The maximum atomic E-state index is 10.9. The molecule has 0 aliphatic heterocycles. The molecule has 0 aromatic carbocycles. The van der Waals surface area contributed by atoms with Gasteiger partial charge in [0, 0.05) is 4.43 Å². The molecular weight excluding hydrogens is 271 g/mol. The number of aliphatic hydroxyl groups excluding tert-OH is 1. The Labute approximate surface area is 86.6 Å². The summed E-state index contributed by atoms with van der Waals surface area (Å²) in [6, 6.07) is 0. The summed E-state index contributed by atoms with van der Waals surface area (Å²) >= 11 is 2.03. The van der Waals surface area contributed by atoms with Crippen molar-refractivity contribution in [2.24, 2.45) is 5.92 Å². The number of esters is 1. The van der Waals surface area contributed by atoms with Gasteiger partial charge in [0.1, 0.15) is 0 Å². The molecule has 0 spiro atoms. The van der Waals surface area contributed by atoms with E-state index < -0.39 is 6.10 Å². The first-order valence-electron chi connectivity index (χ1n) is 3.96. The molecule has 0 fully saturated rings. The third-order valence-electron chi connectivity index (χ3n) is 1.16. The largest absolute Gasteiger partial charge is 0.465 e. The van der Waals surface area contributed by atoms with Crippen LogP contribution < -0.4 is 0 Å². The molecule has 0 aliphatic carbocycles. The monoisotopic (exact) mass is 286 g/mol. The highest BCUT2D eigenvalue weighted by molar-refractivity contribution is 14.1. The van der Waals surface area contributed by atoms with E-state index in [9.17, 15) is 4.79 Å². The number of carbonyl (C=O) groups is 1. The van der Waals surface area contributed by atoms with Crippen LogP contribution in [0.3, 0.4) is 0 Å². The van der Waals surface area contributed by atoms with Gasteiger partial charge in [-0.15, -0.1) is 0 Å². The second-order valence-corrected chi connectivity index (χ2v) is 3.97. The van der Waals surface area contributed by atoms with E-state index in [0.717, 1.165) is 0 Å². The average molecular weight is 286 g/mol. The lowest BCUT2D eigenvalue weighted by Crippen LogP contribution is -2.18. The summed E-state index contributed by atoms with van der Waals surface area (Å²) < 4.78 is 5.44. The maximum Gasteiger partial charge on any atom is 0.308 e. The average Bonchev–Trinajstić information content (AvgIpc) is 2.00. The molecule has 12 heavy (non-hydrogen) atoms. The minimum absolute atomic E-state index is 0.107. The van der Waals surface area contributed by atoms with Crippen LogP contribution in [0.2, 0.25) is 0 Å². The summed E-state index contributed by atoms with van der Waals surface area (Å²) in [5.41, 5.74) is 0. The lowest BCUT2D eigenvalue weighted by atomic mass is 10.2. The number of aliphatic hydroxyl groups is 1. The van der Waals surface area contributed by atoms with Crippen LogP contribution in [0.15, 0.2) is 0 Å². The van der Waals surface area contributed by atoms with Crippen molar-refractivity contribution in [1.29, 1.82) is 0 Å². The Morgan fingerprint density at radius 2 is 2.17 bits per heavy atom. The van der Waals surface area contributed by atoms with Gasteiger partial charge >= 0.3 is 5.97 Å². The van der Waals surface area contributed by atoms with Gasteiger partial charge < -0.3 is 9.84 Å². The fraction of sp³-hybridized carbons (Fsp3) is 0.875. The molecule has 1 atom stereocenters. The van der Waals surface area contributed by atoms with Crippen molar-refractivity contribution < 1.29 is 14.6 Å². The van der Waals surface area contributed by atoms with Gasteiger partial charge in [-0.05, 0) is 5.92 Å². The zero-order valence-corrected chi connectivity index (χ0v) is 9.58. The second kappa shape index (κ2) is 6.65. The summed E-state index contributed by atoms with van der Waals surface area (Å²) in [4.78, 5) is 10.9. The molecule has 1 N–H and O–H groups in total. The number of halogens is 1. The lowest BCUT2D eigenvalue weighted by Gasteiger charge is -2.08. The molecule has 72 valence electrons. The van der Waals surface area contributed by atoms with Crippen LogP contribution in [-0.4, -0.2) is 28.2 Å². The standard InChI is InChI=1S/C8H15IO3/c1-6(2)5-12-8(11)3-7(10)4-9/h6-7,10H,3-5H2,1-2H3/t7-/m0/s1. The first-order valence-corrected chi connectivity index (χ1v) is 5.48. The highest BCUT2D eigenvalue weighted by Gasteiger charge is 2.10. The number of hydrogen-bond acceptors (Lipinski definition) is 3. The molecule has 0 saturated carbocycles. The van der Waals surface area contributed by atoms with Gasteiger partial charge in [0.2, 0.25) is 0 Å². The van der Waals surface area contributed by atoms with E-state index in [1.807, 2.05) is 36.4 Å². The van der Waals surface area contributed by atoms with Crippen molar-refractivity contribution in [2.75, 3.05) is 11.0 Å². The summed E-state index contributed by atoms with van der Waals surface area (Å²) in [5.74, 6) is 0.0403. The number of hydrogen-bond donors (Lipinski definition) is 1. The summed E-state index contributed by atoms with van der Waals surface area (Å²) in [6.45, 7) is 4.39. The van der Waals surface area contributed by atoms with Crippen LogP contribution in [0, 0.1) is 5.92 Å². The van der Waals surface area contributed by atoms with Crippen LogP contribution in [-0.2, 0) is 9.53 Å². The van der Waals surface area contributed by atoms with E-state index in [2.05, 4.69) is 0 Å². The van der Waals surface area contributed by atoms with Gasteiger partial charge in [-0.1, -0.05) is 36.4 Å². The lowest BCUT2D eigenvalue weighted by molar-refractivity contribution is -0.146. The number of carbonyl (C=O) groups excluding carboxylic acids is 1. The molecule has 0 bridgehead atoms. The second-order valence-electron chi connectivity index (χ2n) is 3.09. The minimum atomic E-state index is -0.565. The topological polar surface area (TPSA) is 46.5 Å². The van der Waals surface area contributed by atoms with Crippen molar-refractivity contribution >= 4 is 28.6 Å². The zero-order valence-electron chi connectivity index (χ0n) is 7.42. The maximum absolute atomic E-state index is 10.9. The van der Waals surface area contributed by atoms with E-state index in [1.54, 1.807) is 0 Å². The Kier molecular flexibility index (Phi) is 6.74. The molecule has 0 saturated heterocycles. The van der Waals surface area contributed by atoms with Gasteiger partial charge in [-0.3, -0.25) is 4.79 Å². The van der Waals surface area contributed by atoms with E-state index in [4.69, 9.17) is 9.84 Å². The molecule has 0 unspecified atom stereocenters. The highest BCUT2D eigenvalue weighted by atomic mass is 127.